The average molecular weight is 384 g/mol. The number of para-hydroxylation sites is 1. The Morgan fingerprint density at radius 2 is 1.89 bits per heavy atom. The second kappa shape index (κ2) is 8.19. The number of allylic oxidation sites excluding steroid dienone is 1. The van der Waals surface area contributed by atoms with Crippen molar-refractivity contribution in [1.29, 1.82) is 0 Å². The summed E-state index contributed by atoms with van der Waals surface area (Å²) in [5.74, 6) is 0.0626. The molecule has 1 heterocycles. The Morgan fingerprint density at radius 3 is 2.63 bits per heavy atom. The number of piperazine rings is 1. The highest BCUT2D eigenvalue weighted by atomic mass is 32.2. The van der Waals surface area contributed by atoms with Gasteiger partial charge in [-0.3, -0.25) is 10.1 Å². The fourth-order valence-electron chi connectivity index (χ4n) is 4.28. The van der Waals surface area contributed by atoms with Crippen LogP contribution in [0.1, 0.15) is 51.9 Å². The molecule has 0 unspecified atom stereocenters. The molecule has 1 aromatic carbocycles. The van der Waals surface area contributed by atoms with Gasteiger partial charge in [0.05, 0.1) is 5.69 Å². The number of thioether (sulfide) groups is 1. The Balaban J connectivity index is 1.65. The smallest absolute Gasteiger partial charge is 0.247 e. The molecule has 3 aliphatic rings. The molecule has 5 heteroatoms. The van der Waals surface area contributed by atoms with Crippen LogP contribution in [-0.4, -0.2) is 33.8 Å². The average Bonchev–Trinajstić information content (AvgIpc) is 2.70. The molecule has 2 fully saturated rings. The highest BCUT2D eigenvalue weighted by Gasteiger charge is 2.48. The van der Waals surface area contributed by atoms with Crippen molar-refractivity contribution in [2.75, 3.05) is 0 Å². The molecule has 0 bridgehead atoms. The Bertz CT molecular complexity index is 732. The zero-order valence-corrected chi connectivity index (χ0v) is 16.8. The number of nitrogens with one attached hydrogen (secondary N) is 2. The van der Waals surface area contributed by atoms with E-state index in [0.29, 0.717) is 11.3 Å². The summed E-state index contributed by atoms with van der Waals surface area (Å²) >= 11 is 1.75. The van der Waals surface area contributed by atoms with Crippen molar-refractivity contribution < 1.29 is 4.79 Å². The molecule has 1 saturated carbocycles. The Labute approximate surface area is 166 Å². The summed E-state index contributed by atoms with van der Waals surface area (Å²) in [5, 5.41) is 8.27. The molecule has 1 saturated heterocycles. The monoisotopic (exact) mass is 383 g/mol. The Morgan fingerprint density at radius 1 is 1.11 bits per heavy atom. The maximum Gasteiger partial charge on any atom is 0.247 e. The van der Waals surface area contributed by atoms with Crippen molar-refractivity contribution in [2.45, 2.75) is 74.7 Å². The molecule has 0 spiro atoms. The number of hydrogen-bond donors (Lipinski definition) is 2. The van der Waals surface area contributed by atoms with Gasteiger partial charge >= 0.3 is 0 Å². The standard InChI is InChI=1S/C22H29N3OS/c1-22(20(26)24-18-14-8-9-15-19(18)25-22)21(23-16-10-4-2-5-11-16)27-17-12-6-3-7-13-17/h2,4-6,10-12,17-19,25H,3,7-9,13-15H2,1H3,(H,24,26)/t17-,18+,19+,22+/m0/s1. The zero-order chi connectivity index (χ0) is 18.7. The molecule has 4 atom stereocenters. The van der Waals surface area contributed by atoms with Gasteiger partial charge in [-0.05, 0) is 51.2 Å². The van der Waals surface area contributed by atoms with E-state index in [2.05, 4.69) is 22.8 Å². The third-order valence-corrected chi connectivity index (χ3v) is 7.32. The number of benzene rings is 1. The largest absolute Gasteiger partial charge is 0.350 e. The van der Waals surface area contributed by atoms with Crippen molar-refractivity contribution >= 4 is 28.4 Å². The fourth-order valence-corrected chi connectivity index (χ4v) is 5.59. The molecular formula is C22H29N3OS. The van der Waals surface area contributed by atoms with Crippen molar-refractivity contribution in [2.24, 2.45) is 4.99 Å². The van der Waals surface area contributed by atoms with E-state index >= 15 is 0 Å². The first-order valence-electron chi connectivity index (χ1n) is 10.2. The van der Waals surface area contributed by atoms with E-state index in [1.807, 2.05) is 37.3 Å². The highest BCUT2D eigenvalue weighted by molar-refractivity contribution is 8.14. The van der Waals surface area contributed by atoms with E-state index in [0.717, 1.165) is 36.4 Å². The van der Waals surface area contributed by atoms with Gasteiger partial charge < -0.3 is 5.32 Å². The third kappa shape index (κ3) is 4.14. The van der Waals surface area contributed by atoms with Crippen molar-refractivity contribution in [1.82, 2.24) is 10.6 Å². The second-order valence-corrected chi connectivity index (χ2v) is 9.24. The van der Waals surface area contributed by atoms with E-state index in [1.165, 1.54) is 19.3 Å². The maximum absolute atomic E-state index is 13.2. The number of carbonyl (C=O) groups is 1. The first kappa shape index (κ1) is 18.8. The molecule has 2 aliphatic carbocycles. The second-order valence-electron chi connectivity index (χ2n) is 8.01. The van der Waals surface area contributed by atoms with Crippen LogP contribution in [0.4, 0.5) is 5.69 Å². The van der Waals surface area contributed by atoms with Crippen molar-refractivity contribution in [3.63, 3.8) is 0 Å². The summed E-state index contributed by atoms with van der Waals surface area (Å²) in [7, 11) is 0. The highest BCUT2D eigenvalue weighted by Crippen LogP contribution is 2.34. The SMILES string of the molecule is C[C@@]1(C(=Nc2ccccc2)S[C@H]2C=CCCC2)N[C@@H]2CCCC[C@H]2NC1=O. The Hall–Kier alpha value is -1.59. The topological polar surface area (TPSA) is 53.5 Å². The number of amides is 1. The van der Waals surface area contributed by atoms with Crippen LogP contribution in [-0.2, 0) is 4.79 Å². The van der Waals surface area contributed by atoms with E-state index in [9.17, 15) is 4.79 Å². The first-order valence-corrected chi connectivity index (χ1v) is 11.1. The molecule has 27 heavy (non-hydrogen) atoms. The number of rotatable bonds is 3. The number of carbonyl (C=O) groups excluding carboxylic acids is 1. The summed E-state index contributed by atoms with van der Waals surface area (Å²) in [5.41, 5.74) is 0.131. The van der Waals surface area contributed by atoms with Crippen LogP contribution in [0.3, 0.4) is 0 Å². The summed E-state index contributed by atoms with van der Waals surface area (Å²) in [6.07, 6.45) is 12.7. The number of aliphatic imine (C=N–C) groups is 1. The van der Waals surface area contributed by atoms with Gasteiger partial charge in [-0.1, -0.05) is 43.2 Å². The minimum Gasteiger partial charge on any atom is -0.350 e. The van der Waals surface area contributed by atoms with Crippen LogP contribution in [0.25, 0.3) is 0 Å². The van der Waals surface area contributed by atoms with Crippen LogP contribution >= 0.6 is 11.8 Å². The van der Waals surface area contributed by atoms with Gasteiger partial charge in [-0.15, -0.1) is 11.8 Å². The van der Waals surface area contributed by atoms with E-state index in [1.54, 1.807) is 11.8 Å². The molecule has 1 aliphatic heterocycles. The predicted octanol–water partition coefficient (Wildman–Crippen LogP) is 4.35. The third-order valence-electron chi connectivity index (χ3n) is 5.90. The summed E-state index contributed by atoms with van der Waals surface area (Å²) in [4.78, 5) is 18.1. The van der Waals surface area contributed by atoms with Crippen molar-refractivity contribution in [3.8, 4) is 0 Å². The van der Waals surface area contributed by atoms with Crippen LogP contribution in [0.15, 0.2) is 47.5 Å². The van der Waals surface area contributed by atoms with Crippen LogP contribution in [0.5, 0.6) is 0 Å². The molecule has 4 rings (SSSR count). The summed E-state index contributed by atoms with van der Waals surface area (Å²) in [6, 6.07) is 10.6. The van der Waals surface area contributed by atoms with Crippen LogP contribution < -0.4 is 10.6 Å². The van der Waals surface area contributed by atoms with Gasteiger partial charge in [-0.25, -0.2) is 4.99 Å². The van der Waals surface area contributed by atoms with Crippen LogP contribution in [0, 0.1) is 0 Å². The van der Waals surface area contributed by atoms with Gasteiger partial charge in [0.15, 0.2) is 0 Å². The van der Waals surface area contributed by atoms with E-state index < -0.39 is 5.54 Å². The summed E-state index contributed by atoms with van der Waals surface area (Å²) < 4.78 is 0. The molecule has 1 amide bonds. The van der Waals surface area contributed by atoms with Crippen LogP contribution in [0.2, 0.25) is 0 Å². The van der Waals surface area contributed by atoms with Gasteiger partial charge in [0, 0.05) is 17.3 Å². The zero-order valence-electron chi connectivity index (χ0n) is 16.0. The quantitative estimate of drug-likeness (QED) is 0.464. The molecule has 0 aromatic heterocycles. The van der Waals surface area contributed by atoms with Gasteiger partial charge in [0.25, 0.3) is 0 Å². The normalized spacial score (nSPS) is 34.0. The maximum atomic E-state index is 13.2. The van der Waals surface area contributed by atoms with E-state index in [4.69, 9.17) is 4.99 Å². The summed E-state index contributed by atoms with van der Waals surface area (Å²) in [6.45, 7) is 2.01. The van der Waals surface area contributed by atoms with Gasteiger partial charge in [0.1, 0.15) is 10.6 Å². The number of fused-ring (bicyclic) bond motifs is 1. The van der Waals surface area contributed by atoms with E-state index in [-0.39, 0.29) is 11.9 Å². The minimum absolute atomic E-state index is 0.0626. The fraction of sp³-hybridized carbons (Fsp3) is 0.545. The first-order chi connectivity index (χ1) is 13.1. The van der Waals surface area contributed by atoms with Crippen molar-refractivity contribution in [3.05, 3.63) is 42.5 Å². The molecule has 0 radical (unpaired) electrons. The molecule has 1 aromatic rings. The molecular weight excluding hydrogens is 354 g/mol. The molecule has 4 nitrogen and oxygen atoms in total. The van der Waals surface area contributed by atoms with Gasteiger partial charge in [-0.2, -0.15) is 0 Å². The minimum atomic E-state index is -0.774. The lowest BCUT2D eigenvalue weighted by molar-refractivity contribution is -0.128. The lowest BCUT2D eigenvalue weighted by Gasteiger charge is -2.46. The van der Waals surface area contributed by atoms with Gasteiger partial charge in [0.2, 0.25) is 5.91 Å². The number of nitrogens with zero attached hydrogens (tertiary/aromatic N) is 1. The molecule has 2 N–H and O–H groups in total. The Kier molecular flexibility index (Phi) is 5.69. The lowest BCUT2D eigenvalue weighted by atomic mass is 9.84. The predicted molar refractivity (Wildman–Crippen MR) is 114 cm³/mol. The lowest BCUT2D eigenvalue weighted by Crippen LogP contribution is -2.72. The number of hydrogen-bond acceptors (Lipinski definition) is 4. The molecule has 144 valence electrons.